The molecule has 0 aromatic rings. The van der Waals surface area contributed by atoms with Gasteiger partial charge in [-0.2, -0.15) is 0 Å². The van der Waals surface area contributed by atoms with Gasteiger partial charge in [-0.3, -0.25) is 14.4 Å². The number of carbonyl (C=O) groups excluding carboxylic acids is 2. The van der Waals surface area contributed by atoms with Crippen LogP contribution in [-0.4, -0.2) is 99.6 Å². The van der Waals surface area contributed by atoms with Crippen molar-refractivity contribution in [1.29, 1.82) is 0 Å². The number of aliphatic hydroxyl groups is 1. The maximum absolute atomic E-state index is 11.8. The van der Waals surface area contributed by atoms with E-state index in [9.17, 15) is 14.4 Å². The number of ether oxygens (including phenoxy) is 6. The molecule has 0 saturated carbocycles. The molecule has 0 aliphatic carbocycles. The summed E-state index contributed by atoms with van der Waals surface area (Å²) in [4.78, 5) is 32.9. The van der Waals surface area contributed by atoms with Crippen molar-refractivity contribution >= 4 is 52.7 Å². The second-order valence-corrected chi connectivity index (χ2v) is 13.2. The summed E-state index contributed by atoms with van der Waals surface area (Å²) < 4.78 is 32.3. The molecule has 0 aromatic carbocycles. The molecule has 15 heteroatoms. The molecule has 2 N–H and O–H groups in total. The number of carboxylic acids is 1. The molecule has 249 valence electrons. The van der Waals surface area contributed by atoms with Crippen LogP contribution in [0.5, 0.6) is 0 Å². The van der Waals surface area contributed by atoms with Gasteiger partial charge in [0.05, 0.1) is 55.7 Å². The fraction of sp³-hybridized carbons (Fsp3) is 0.893. The number of carbonyl (C=O) groups is 3. The van der Waals surface area contributed by atoms with Gasteiger partial charge in [0.25, 0.3) is 0 Å². The predicted molar refractivity (Wildman–Crippen MR) is 157 cm³/mol. The van der Waals surface area contributed by atoms with Gasteiger partial charge in [0.2, 0.25) is 0 Å². The van der Waals surface area contributed by atoms with Gasteiger partial charge >= 0.3 is 17.9 Å². The maximum atomic E-state index is 11.8. The van der Waals surface area contributed by atoms with Crippen molar-refractivity contribution in [2.45, 2.75) is 141 Å². The summed E-state index contributed by atoms with van der Waals surface area (Å²) in [6.07, 6.45) is 0.397. The van der Waals surface area contributed by atoms with E-state index in [4.69, 9.17) is 73.4 Å². The Balaban J connectivity index is 0.000000632. The first-order chi connectivity index (χ1) is 19.3. The second kappa shape index (κ2) is 19.8. The number of esters is 2. The standard InChI is InChI=1S/C13H23ClO4.C9H15ClO4.C6H9ClO3.Y/c1-12(2,3)18-11(15)7-9-6-10(8-14)17-13(4,5)16-9;1-9(2)13-6(4-8(11)12)3-7(5-10)14-9;7-3-5-1-4(8)2-6(9)10-5;/h9-10H,6-8H2,1-5H3;6-7H,3-5H2,1-2H3,(H,11,12);4-5,8H,1-3H2;/t9-,10+;6-,7+;;/m11../s1. The zero-order valence-corrected chi connectivity index (χ0v) is 31.2. The molecule has 3 fully saturated rings. The second-order valence-electron chi connectivity index (χ2n) is 12.3. The first-order valence-corrected chi connectivity index (χ1v) is 15.6. The molecule has 3 aliphatic heterocycles. The summed E-state index contributed by atoms with van der Waals surface area (Å²) in [5.41, 5.74) is -0.469. The van der Waals surface area contributed by atoms with Crippen LogP contribution < -0.4 is 0 Å². The third kappa shape index (κ3) is 19.4. The van der Waals surface area contributed by atoms with Gasteiger partial charge < -0.3 is 38.6 Å². The van der Waals surface area contributed by atoms with Crippen molar-refractivity contribution in [3.05, 3.63) is 0 Å². The van der Waals surface area contributed by atoms with Crippen molar-refractivity contribution in [1.82, 2.24) is 0 Å². The number of rotatable bonds is 7. The summed E-state index contributed by atoms with van der Waals surface area (Å²) in [5, 5.41) is 17.7. The molecule has 3 aliphatic rings. The summed E-state index contributed by atoms with van der Waals surface area (Å²) in [5.74, 6) is -1.88. The van der Waals surface area contributed by atoms with Gasteiger partial charge in [0.15, 0.2) is 11.6 Å². The number of hydrogen-bond donors (Lipinski definition) is 2. The van der Waals surface area contributed by atoms with Crippen LogP contribution in [-0.2, 0) is 75.5 Å². The van der Waals surface area contributed by atoms with Crippen LogP contribution in [0.4, 0.5) is 0 Å². The van der Waals surface area contributed by atoms with E-state index in [0.29, 0.717) is 31.0 Å². The van der Waals surface area contributed by atoms with Crippen LogP contribution in [0.3, 0.4) is 0 Å². The summed E-state index contributed by atoms with van der Waals surface area (Å²) >= 11 is 16.9. The maximum Gasteiger partial charge on any atom is 0.308 e. The number of hydrogen-bond acceptors (Lipinski definition) is 10. The molecule has 43 heavy (non-hydrogen) atoms. The molecule has 3 rings (SSSR count). The third-order valence-corrected chi connectivity index (χ3v) is 6.85. The average Bonchev–Trinajstić information content (AvgIpc) is 2.80. The number of cyclic esters (lactones) is 1. The molecule has 6 atom stereocenters. The fourth-order valence-corrected chi connectivity index (χ4v) is 5.17. The van der Waals surface area contributed by atoms with Crippen molar-refractivity contribution in [2.24, 2.45) is 0 Å². The van der Waals surface area contributed by atoms with E-state index in [0.717, 1.165) is 0 Å². The van der Waals surface area contributed by atoms with E-state index in [-0.39, 0.29) is 100 Å². The van der Waals surface area contributed by atoms with Crippen molar-refractivity contribution in [3.8, 4) is 0 Å². The minimum absolute atomic E-state index is 0. The Morgan fingerprint density at radius 1 is 0.814 bits per heavy atom. The summed E-state index contributed by atoms with van der Waals surface area (Å²) in [6, 6.07) is 0. The normalized spacial score (nSPS) is 29.7. The molecule has 3 saturated heterocycles. The Bertz CT molecular complexity index is 869. The van der Waals surface area contributed by atoms with Crippen molar-refractivity contribution in [3.63, 3.8) is 0 Å². The smallest absolute Gasteiger partial charge is 0.308 e. The van der Waals surface area contributed by atoms with E-state index in [1.54, 1.807) is 13.8 Å². The number of aliphatic hydroxyl groups excluding tert-OH is 1. The summed E-state index contributed by atoms with van der Waals surface area (Å²) in [6.45, 7) is 12.7. The quantitative estimate of drug-likeness (QED) is 0.274. The molecular weight excluding hydrogens is 708 g/mol. The molecule has 0 bridgehead atoms. The first-order valence-electron chi connectivity index (χ1n) is 14.0. The monoisotopic (exact) mass is 753 g/mol. The molecule has 11 nitrogen and oxygen atoms in total. The van der Waals surface area contributed by atoms with Gasteiger partial charge in [0.1, 0.15) is 11.7 Å². The van der Waals surface area contributed by atoms with Crippen LogP contribution >= 0.6 is 34.8 Å². The minimum atomic E-state index is -0.860. The Hall–Kier alpha value is 0.184. The van der Waals surface area contributed by atoms with Gasteiger partial charge in [0, 0.05) is 63.7 Å². The van der Waals surface area contributed by atoms with E-state index in [1.807, 2.05) is 34.6 Å². The Morgan fingerprint density at radius 3 is 1.60 bits per heavy atom. The van der Waals surface area contributed by atoms with Crippen LogP contribution in [0, 0.1) is 0 Å². The van der Waals surface area contributed by atoms with Crippen LogP contribution in [0.2, 0.25) is 0 Å². The van der Waals surface area contributed by atoms with Gasteiger partial charge in [-0.05, 0) is 48.5 Å². The Morgan fingerprint density at radius 2 is 1.23 bits per heavy atom. The number of alkyl halides is 3. The van der Waals surface area contributed by atoms with Crippen molar-refractivity contribution in [2.75, 3.05) is 17.6 Å². The van der Waals surface area contributed by atoms with Crippen LogP contribution in [0.1, 0.15) is 87.0 Å². The molecular formula is C28H47Cl3O11Y. The number of halogens is 3. The number of aliphatic carboxylic acids is 1. The van der Waals surface area contributed by atoms with E-state index < -0.39 is 29.2 Å². The van der Waals surface area contributed by atoms with Crippen LogP contribution in [0.15, 0.2) is 0 Å². The van der Waals surface area contributed by atoms with E-state index >= 15 is 0 Å². The zero-order valence-electron chi connectivity index (χ0n) is 26.1. The van der Waals surface area contributed by atoms with Gasteiger partial charge in [-0.1, -0.05) is 0 Å². The summed E-state index contributed by atoms with van der Waals surface area (Å²) in [7, 11) is 0. The fourth-order valence-electron chi connectivity index (χ4n) is 4.60. The van der Waals surface area contributed by atoms with E-state index in [2.05, 4.69) is 0 Å². The average molecular weight is 755 g/mol. The molecule has 0 aromatic heterocycles. The number of carboxylic acid groups (broad SMARTS) is 1. The van der Waals surface area contributed by atoms with Gasteiger partial charge in [-0.15, -0.1) is 34.8 Å². The Kier molecular flexibility index (Phi) is 19.8. The zero-order chi connectivity index (χ0) is 32.3. The van der Waals surface area contributed by atoms with Crippen LogP contribution in [0.25, 0.3) is 0 Å². The molecule has 3 heterocycles. The minimum Gasteiger partial charge on any atom is -0.481 e. The third-order valence-electron chi connectivity index (χ3n) is 5.82. The predicted octanol–water partition coefficient (Wildman–Crippen LogP) is 4.77. The molecule has 0 spiro atoms. The molecule has 0 amide bonds. The SMILES string of the molecule is CC(C)(C)OC(=O)C[C@H]1C[C@@H](CCl)OC(C)(C)O1.CC1(C)O[C@H](CCl)C[C@H](CC(=O)O)O1.O=C1CC(O)CC(CCl)O1.[Y]. The van der Waals surface area contributed by atoms with E-state index in [1.165, 1.54) is 0 Å². The van der Waals surface area contributed by atoms with Crippen molar-refractivity contribution < 1.29 is 85.7 Å². The molecule has 2 unspecified atom stereocenters. The topological polar surface area (TPSA) is 147 Å². The Labute approximate surface area is 295 Å². The molecule has 1 radical (unpaired) electrons. The van der Waals surface area contributed by atoms with Gasteiger partial charge in [-0.25, -0.2) is 0 Å². The largest absolute Gasteiger partial charge is 0.481 e. The first kappa shape index (κ1) is 43.2.